The van der Waals surface area contributed by atoms with Crippen molar-refractivity contribution in [1.29, 1.82) is 0 Å². The van der Waals surface area contributed by atoms with Gasteiger partial charge in [-0.15, -0.1) is 5.10 Å². The highest BCUT2D eigenvalue weighted by Crippen LogP contribution is 2.39. The Morgan fingerprint density at radius 3 is 3.00 bits per heavy atom. The van der Waals surface area contributed by atoms with Crippen LogP contribution in [0.2, 0.25) is 0 Å². The fourth-order valence-electron chi connectivity index (χ4n) is 4.03. The Hall–Kier alpha value is -3.13. The molecule has 0 unspecified atom stereocenters. The molecule has 5 rings (SSSR count). The molecule has 0 radical (unpaired) electrons. The summed E-state index contributed by atoms with van der Waals surface area (Å²) in [6.45, 7) is 5.38. The lowest BCUT2D eigenvalue weighted by Gasteiger charge is -2.25. The van der Waals surface area contributed by atoms with Crippen LogP contribution in [0.4, 0.5) is 23.1 Å². The predicted molar refractivity (Wildman–Crippen MR) is 116 cm³/mol. The van der Waals surface area contributed by atoms with Crippen molar-refractivity contribution in [3.05, 3.63) is 42.0 Å². The number of nitrogens with one attached hydrogen (secondary N) is 2. The third-order valence-corrected chi connectivity index (χ3v) is 5.92. The Labute approximate surface area is 171 Å². The summed E-state index contributed by atoms with van der Waals surface area (Å²) in [5.41, 5.74) is 2.91. The monoisotopic (exact) mass is 396 g/mol. The Kier molecular flexibility index (Phi) is 3.99. The number of hydrogen-bond donors (Lipinski definition) is 2. The van der Waals surface area contributed by atoms with Gasteiger partial charge < -0.3 is 20.3 Å². The number of amides is 1. The molecule has 3 aromatic rings. The maximum Gasteiger partial charge on any atom is 0.247 e. The van der Waals surface area contributed by atoms with Crippen molar-refractivity contribution < 1.29 is 12.4 Å². The summed E-state index contributed by atoms with van der Waals surface area (Å²) in [5, 5.41) is 10.9. The van der Waals surface area contributed by atoms with Gasteiger partial charge in [0.15, 0.2) is 5.65 Å². The van der Waals surface area contributed by atoms with E-state index in [1.165, 1.54) is 0 Å². The van der Waals surface area contributed by atoms with Gasteiger partial charge in [-0.3, -0.25) is 4.79 Å². The summed E-state index contributed by atoms with van der Waals surface area (Å²) >= 11 is 0. The number of nitrogens with zero attached hydrogens (tertiary/aromatic N) is 4. The van der Waals surface area contributed by atoms with E-state index in [1.54, 1.807) is 0 Å². The second-order valence-corrected chi connectivity index (χ2v) is 8.18. The second kappa shape index (κ2) is 6.45. The van der Waals surface area contributed by atoms with Gasteiger partial charge in [0.25, 0.3) is 0 Å². The molecule has 0 bridgehead atoms. The van der Waals surface area contributed by atoms with Crippen LogP contribution in [0.1, 0.15) is 28.7 Å². The summed E-state index contributed by atoms with van der Waals surface area (Å²) in [6.07, 6.45) is 1.00. The molecule has 0 spiro atoms. The summed E-state index contributed by atoms with van der Waals surface area (Å²) in [7, 11) is 2.06. The van der Waals surface area contributed by atoms with Crippen LogP contribution in [0.15, 0.2) is 36.4 Å². The van der Waals surface area contributed by atoms with Gasteiger partial charge >= 0.3 is 0 Å². The molecule has 2 N–H and O–H groups in total. The number of carbonyl (C=O) groups is 1. The van der Waals surface area contributed by atoms with E-state index < -0.39 is 5.41 Å². The third-order valence-electron chi connectivity index (χ3n) is 5.92. The van der Waals surface area contributed by atoms with E-state index in [4.69, 9.17) is 4.74 Å². The quantitative estimate of drug-likeness (QED) is 0.703. The second-order valence-electron chi connectivity index (χ2n) is 8.18. The number of hydrogen-bond acceptors (Lipinski definition) is 6. The van der Waals surface area contributed by atoms with Crippen LogP contribution in [0, 0.1) is 0 Å². The van der Waals surface area contributed by atoms with Crippen LogP contribution in [0.3, 0.4) is 0 Å². The van der Waals surface area contributed by atoms with Crippen LogP contribution in [0.25, 0.3) is 5.65 Å². The molecular weight excluding hydrogens is 368 g/mol. The standard InChI is InChI=1S/C21H24N6O2.2H2/c1-21(2)15-8-7-13(11-16(15)23-19(21)28)22-20-24-17-5-4-6-18(27(17)25-20)26(3)14-9-10-29-12-14;;/h4-8,11,14H,9-10,12H2,1-3H3,(H,22,25)(H,23,28);2*1H/t14-;;/m1../s1. The number of likely N-dealkylation sites (N-methyl/N-ethyl adjacent to an activating group) is 1. The van der Waals surface area contributed by atoms with Crippen LogP contribution in [-0.4, -0.2) is 46.8 Å². The molecule has 0 saturated carbocycles. The molecule has 1 saturated heterocycles. The molecule has 8 nitrogen and oxygen atoms in total. The molecule has 8 heteroatoms. The normalized spacial score (nSPS) is 20.0. The molecule has 2 aliphatic rings. The third kappa shape index (κ3) is 2.91. The molecule has 2 aromatic heterocycles. The van der Waals surface area contributed by atoms with E-state index in [2.05, 4.69) is 32.7 Å². The van der Waals surface area contributed by atoms with Crippen LogP contribution in [-0.2, 0) is 14.9 Å². The fourth-order valence-corrected chi connectivity index (χ4v) is 4.03. The number of carbonyl (C=O) groups excluding carboxylic acids is 1. The molecule has 1 aromatic carbocycles. The highest BCUT2D eigenvalue weighted by atomic mass is 16.5. The molecule has 2 aliphatic heterocycles. The topological polar surface area (TPSA) is 83.8 Å². The fraction of sp³-hybridized carbons (Fsp3) is 0.381. The highest BCUT2D eigenvalue weighted by molar-refractivity contribution is 6.06. The van der Waals surface area contributed by atoms with Crippen molar-refractivity contribution in [2.75, 3.05) is 35.8 Å². The Morgan fingerprint density at radius 2 is 2.21 bits per heavy atom. The number of aromatic nitrogens is 3. The first kappa shape index (κ1) is 17.9. The summed E-state index contributed by atoms with van der Waals surface area (Å²) < 4.78 is 7.37. The van der Waals surface area contributed by atoms with E-state index in [1.807, 2.05) is 54.8 Å². The maximum atomic E-state index is 12.2. The van der Waals surface area contributed by atoms with Crippen LogP contribution >= 0.6 is 0 Å². The minimum atomic E-state index is -0.515. The van der Waals surface area contributed by atoms with Crippen molar-refractivity contribution in [2.45, 2.75) is 31.7 Å². The Bertz CT molecular complexity index is 1110. The smallest absolute Gasteiger partial charge is 0.247 e. The van der Waals surface area contributed by atoms with Crippen LogP contribution in [0.5, 0.6) is 0 Å². The maximum absolute atomic E-state index is 12.2. The molecule has 1 atom stereocenters. The Morgan fingerprint density at radius 1 is 1.34 bits per heavy atom. The minimum absolute atomic E-state index is 0. The largest absolute Gasteiger partial charge is 0.379 e. The van der Waals surface area contributed by atoms with Gasteiger partial charge in [-0.05, 0) is 50.1 Å². The molecule has 1 fully saturated rings. The van der Waals surface area contributed by atoms with E-state index in [-0.39, 0.29) is 8.76 Å². The lowest BCUT2D eigenvalue weighted by molar-refractivity contribution is -0.119. The van der Waals surface area contributed by atoms with E-state index in [9.17, 15) is 4.79 Å². The first-order valence-electron chi connectivity index (χ1n) is 9.83. The highest BCUT2D eigenvalue weighted by Gasteiger charge is 2.38. The molecule has 29 heavy (non-hydrogen) atoms. The number of rotatable bonds is 4. The van der Waals surface area contributed by atoms with E-state index >= 15 is 0 Å². The minimum Gasteiger partial charge on any atom is -0.379 e. The first-order chi connectivity index (χ1) is 13.9. The molecular formula is C21H28N6O2. The predicted octanol–water partition coefficient (Wildman–Crippen LogP) is 3.42. The molecule has 4 heterocycles. The number of ether oxygens (including phenoxy) is 1. The van der Waals surface area contributed by atoms with Crippen molar-refractivity contribution >= 4 is 34.7 Å². The lowest BCUT2D eigenvalue weighted by atomic mass is 9.86. The average molecular weight is 396 g/mol. The summed E-state index contributed by atoms with van der Waals surface area (Å²) in [5.74, 6) is 1.50. The van der Waals surface area contributed by atoms with Gasteiger partial charge in [0.2, 0.25) is 11.9 Å². The van der Waals surface area contributed by atoms with Gasteiger partial charge in [0.05, 0.1) is 18.1 Å². The van der Waals surface area contributed by atoms with Crippen LogP contribution < -0.4 is 15.5 Å². The molecule has 1 amide bonds. The SMILES string of the molecule is CN(c1cccc2nc(Nc3ccc4c(c3)NC(=O)C4(C)C)nn12)[C@@H]1CCOC1.[HH].[HH]. The number of benzene rings is 1. The zero-order chi connectivity index (χ0) is 20.2. The molecule has 154 valence electrons. The van der Waals surface area contributed by atoms with Crippen molar-refractivity contribution in [1.82, 2.24) is 14.6 Å². The first-order valence-corrected chi connectivity index (χ1v) is 9.83. The van der Waals surface area contributed by atoms with E-state index in [0.29, 0.717) is 12.0 Å². The van der Waals surface area contributed by atoms with Gasteiger partial charge in [-0.2, -0.15) is 9.50 Å². The number of fused-ring (bicyclic) bond motifs is 2. The zero-order valence-electron chi connectivity index (χ0n) is 16.8. The van der Waals surface area contributed by atoms with Gasteiger partial charge in [0.1, 0.15) is 5.82 Å². The lowest BCUT2D eigenvalue weighted by Crippen LogP contribution is -2.33. The number of anilines is 4. The van der Waals surface area contributed by atoms with E-state index in [0.717, 1.165) is 48.0 Å². The van der Waals surface area contributed by atoms with Gasteiger partial charge in [-0.1, -0.05) is 12.1 Å². The summed E-state index contributed by atoms with van der Waals surface area (Å²) in [6, 6.07) is 12.2. The van der Waals surface area contributed by atoms with Crippen molar-refractivity contribution in [3.63, 3.8) is 0 Å². The van der Waals surface area contributed by atoms with Gasteiger partial charge in [-0.25, -0.2) is 0 Å². The van der Waals surface area contributed by atoms with Gasteiger partial charge in [0, 0.05) is 27.9 Å². The summed E-state index contributed by atoms with van der Waals surface area (Å²) in [4.78, 5) is 19.0. The van der Waals surface area contributed by atoms with Crippen molar-refractivity contribution in [2.24, 2.45) is 0 Å². The Balaban J connectivity index is 0.00000136. The van der Waals surface area contributed by atoms with Crippen molar-refractivity contribution in [3.8, 4) is 0 Å². The zero-order valence-corrected chi connectivity index (χ0v) is 16.8. The molecule has 0 aliphatic carbocycles. The average Bonchev–Trinajstić information content (AvgIpc) is 3.40. The number of pyridine rings is 1.